The van der Waals surface area contributed by atoms with Gasteiger partial charge in [-0.1, -0.05) is 53.2 Å². The second kappa shape index (κ2) is 14.9. The molecule has 0 aromatic carbocycles. The third-order valence-corrected chi connectivity index (χ3v) is 17.4. The van der Waals surface area contributed by atoms with Crippen molar-refractivity contribution in [1.29, 1.82) is 0 Å². The standard InChI is InChI=1S/C42H68O15/c1-37(2)11-13-42(36(52)53)14-12-40(5)20(21(42)15-37)7-8-26-38(3)16-22(46)33(39(4,19-45)25(38)9-10-41(26,40)6)57-35-31(51)29(49)32(24(18-44)55-35)56-34-30(50)28(48)27(47)23(17-43)54-34/h7,21-35,43-51H,8-19H2,1-6H3,(H,52,53)/t21-,22-,23?,24?,25+,26+,27+,28?,29?,30-,31-,32+,33-,34-,35-,38-,39-,40+,41+,42-/m0/s1. The maximum absolute atomic E-state index is 13.1. The lowest BCUT2D eigenvalue weighted by Gasteiger charge is -2.71. The monoisotopic (exact) mass is 812 g/mol. The van der Waals surface area contributed by atoms with Crippen LogP contribution in [-0.4, -0.2) is 150 Å². The number of allylic oxidation sites excluding steroid dienone is 2. The fourth-order valence-electron chi connectivity index (χ4n) is 13.8. The first-order valence-corrected chi connectivity index (χ1v) is 21.1. The summed E-state index contributed by atoms with van der Waals surface area (Å²) in [6.07, 6.45) is -9.67. The van der Waals surface area contributed by atoms with Crippen molar-refractivity contribution < 1.29 is 74.8 Å². The van der Waals surface area contributed by atoms with E-state index in [1.165, 1.54) is 5.57 Å². The Morgan fingerprint density at radius 2 is 1.35 bits per heavy atom. The molecule has 4 saturated carbocycles. The van der Waals surface area contributed by atoms with Gasteiger partial charge in [0.2, 0.25) is 0 Å². The number of carboxylic acid groups (broad SMARTS) is 1. The third-order valence-electron chi connectivity index (χ3n) is 17.4. The zero-order chi connectivity index (χ0) is 41.8. The third kappa shape index (κ3) is 6.43. The Balaban J connectivity index is 1.13. The number of aliphatic carboxylic acids is 1. The molecule has 7 rings (SSSR count). The number of hydrogen-bond acceptors (Lipinski definition) is 14. The van der Waals surface area contributed by atoms with E-state index < -0.39 is 109 Å². The van der Waals surface area contributed by atoms with Crippen molar-refractivity contribution in [2.45, 2.75) is 173 Å². The summed E-state index contributed by atoms with van der Waals surface area (Å²) in [7, 11) is 0. The molecule has 4 unspecified atom stereocenters. The lowest BCUT2D eigenvalue weighted by Crippen LogP contribution is -2.70. The maximum Gasteiger partial charge on any atom is 0.310 e. The molecule has 57 heavy (non-hydrogen) atoms. The molecule has 2 heterocycles. The fourth-order valence-corrected chi connectivity index (χ4v) is 13.8. The van der Waals surface area contributed by atoms with Gasteiger partial charge >= 0.3 is 5.97 Å². The van der Waals surface area contributed by atoms with Gasteiger partial charge in [0, 0.05) is 5.41 Å². The minimum absolute atomic E-state index is 0.0383. The van der Waals surface area contributed by atoms with Gasteiger partial charge in [0.15, 0.2) is 12.6 Å². The van der Waals surface area contributed by atoms with E-state index >= 15 is 0 Å². The molecule has 20 atom stereocenters. The summed E-state index contributed by atoms with van der Waals surface area (Å²) in [6, 6.07) is 0. The highest BCUT2D eigenvalue weighted by Crippen LogP contribution is 2.76. The van der Waals surface area contributed by atoms with Crippen LogP contribution in [0, 0.1) is 50.2 Å². The molecule has 2 aliphatic heterocycles. The van der Waals surface area contributed by atoms with Crippen molar-refractivity contribution in [1.82, 2.24) is 0 Å². The molecular formula is C42H68O15. The van der Waals surface area contributed by atoms with Gasteiger partial charge in [0.1, 0.15) is 48.8 Å². The Hall–Kier alpha value is -1.31. The first-order chi connectivity index (χ1) is 26.6. The number of fused-ring (bicyclic) bond motifs is 7. The number of hydrogen-bond donors (Lipinski definition) is 10. The molecule has 0 aromatic rings. The lowest BCUT2D eigenvalue weighted by atomic mass is 9.33. The average molecular weight is 813 g/mol. The number of carboxylic acids is 1. The fraction of sp³-hybridized carbons (Fsp3) is 0.929. The van der Waals surface area contributed by atoms with Crippen molar-refractivity contribution in [3.63, 3.8) is 0 Å². The SMILES string of the molecule is CC1(C)CC[C@]2(C(=O)O)CC[C@]3(C)C(=CC[C@@H]4[C@@]5(C)C[C@H](O)[C@H](O[C@@H]6OC(CO)[C@@H](O[C@@H]7OC(CO)[C@@H](O)C(O)[C@@H]7O)C(O)[C@@H]6O)[C@@](C)(CO)[C@@H]5CC[C@]43C)[C@@H]2C1. The van der Waals surface area contributed by atoms with Crippen LogP contribution in [0.5, 0.6) is 0 Å². The topological polar surface area (TPSA) is 256 Å². The molecule has 5 aliphatic carbocycles. The predicted octanol–water partition coefficient (Wildman–Crippen LogP) is 0.825. The van der Waals surface area contributed by atoms with Gasteiger partial charge in [-0.25, -0.2) is 0 Å². The van der Waals surface area contributed by atoms with Crippen LogP contribution in [0.3, 0.4) is 0 Å². The Morgan fingerprint density at radius 3 is 1.98 bits per heavy atom. The summed E-state index contributed by atoms with van der Waals surface area (Å²) in [5.74, 6) is -0.765. The Labute approximate surface area is 335 Å². The summed E-state index contributed by atoms with van der Waals surface area (Å²) < 4.78 is 23.5. The minimum atomic E-state index is -1.81. The van der Waals surface area contributed by atoms with Gasteiger partial charge in [-0.2, -0.15) is 0 Å². The Kier molecular flexibility index (Phi) is 11.5. The summed E-state index contributed by atoms with van der Waals surface area (Å²) in [4.78, 5) is 13.1. The molecule has 326 valence electrons. The first kappa shape index (κ1) is 43.8. The van der Waals surface area contributed by atoms with Crippen LogP contribution in [0.1, 0.15) is 99.3 Å². The lowest BCUT2D eigenvalue weighted by molar-refractivity contribution is -0.374. The molecule has 7 aliphatic rings. The summed E-state index contributed by atoms with van der Waals surface area (Å²) >= 11 is 0. The van der Waals surface area contributed by atoms with E-state index in [4.69, 9.17) is 18.9 Å². The van der Waals surface area contributed by atoms with Crippen LogP contribution in [0.2, 0.25) is 0 Å². The van der Waals surface area contributed by atoms with Gasteiger partial charge < -0.3 is 70.0 Å². The van der Waals surface area contributed by atoms with Crippen LogP contribution in [0.25, 0.3) is 0 Å². The van der Waals surface area contributed by atoms with Crippen LogP contribution in [0.15, 0.2) is 11.6 Å². The highest BCUT2D eigenvalue weighted by Gasteiger charge is 2.71. The van der Waals surface area contributed by atoms with Crippen molar-refractivity contribution in [3.8, 4) is 0 Å². The van der Waals surface area contributed by atoms with E-state index in [0.717, 1.165) is 32.1 Å². The zero-order valence-electron chi connectivity index (χ0n) is 34.2. The molecule has 0 bridgehead atoms. The largest absolute Gasteiger partial charge is 0.481 e. The van der Waals surface area contributed by atoms with Crippen molar-refractivity contribution in [2.75, 3.05) is 19.8 Å². The van der Waals surface area contributed by atoms with E-state index in [0.29, 0.717) is 25.7 Å². The van der Waals surface area contributed by atoms with E-state index in [1.54, 1.807) is 0 Å². The zero-order valence-corrected chi connectivity index (χ0v) is 34.2. The highest BCUT2D eigenvalue weighted by molar-refractivity contribution is 5.76. The highest BCUT2D eigenvalue weighted by atomic mass is 16.7. The Morgan fingerprint density at radius 1 is 0.737 bits per heavy atom. The molecule has 6 fully saturated rings. The molecule has 15 nitrogen and oxygen atoms in total. The van der Waals surface area contributed by atoms with Crippen molar-refractivity contribution in [2.24, 2.45) is 50.2 Å². The van der Waals surface area contributed by atoms with Crippen LogP contribution >= 0.6 is 0 Å². The van der Waals surface area contributed by atoms with Crippen LogP contribution < -0.4 is 0 Å². The average Bonchev–Trinajstić information content (AvgIpc) is 3.15. The summed E-state index contributed by atoms with van der Waals surface area (Å²) in [5, 5.41) is 108. The van der Waals surface area contributed by atoms with Gasteiger partial charge in [0.05, 0.1) is 37.4 Å². The minimum Gasteiger partial charge on any atom is -0.481 e. The van der Waals surface area contributed by atoms with Gasteiger partial charge in [0.25, 0.3) is 0 Å². The van der Waals surface area contributed by atoms with E-state index in [2.05, 4.69) is 40.7 Å². The van der Waals surface area contributed by atoms with Gasteiger partial charge in [-0.05, 0) is 97.2 Å². The van der Waals surface area contributed by atoms with E-state index in [-0.39, 0.29) is 40.6 Å². The molecule has 10 N–H and O–H groups in total. The molecule has 2 saturated heterocycles. The van der Waals surface area contributed by atoms with Crippen LogP contribution in [0.4, 0.5) is 0 Å². The second-order valence-electron chi connectivity index (χ2n) is 20.7. The normalized spacial score (nSPS) is 54.7. The number of carbonyl (C=O) groups is 1. The van der Waals surface area contributed by atoms with Crippen LogP contribution in [-0.2, 0) is 23.7 Å². The smallest absolute Gasteiger partial charge is 0.310 e. The summed E-state index contributed by atoms with van der Waals surface area (Å²) in [5.41, 5.74) is -1.40. The Bertz CT molecular complexity index is 1540. The van der Waals surface area contributed by atoms with E-state index in [1.807, 2.05) is 6.92 Å². The van der Waals surface area contributed by atoms with Crippen molar-refractivity contribution in [3.05, 3.63) is 11.6 Å². The van der Waals surface area contributed by atoms with E-state index in [9.17, 15) is 55.9 Å². The number of aliphatic hydroxyl groups is 9. The number of rotatable bonds is 8. The molecular weight excluding hydrogens is 744 g/mol. The van der Waals surface area contributed by atoms with Gasteiger partial charge in [-0.3, -0.25) is 4.79 Å². The molecule has 0 amide bonds. The van der Waals surface area contributed by atoms with Gasteiger partial charge in [-0.15, -0.1) is 0 Å². The summed E-state index contributed by atoms with van der Waals surface area (Å²) in [6.45, 7) is 11.5. The quantitative estimate of drug-likeness (QED) is 0.120. The molecule has 15 heteroatoms. The molecule has 0 spiro atoms. The molecule has 0 aromatic heterocycles. The van der Waals surface area contributed by atoms with Crippen molar-refractivity contribution >= 4 is 5.97 Å². The first-order valence-electron chi connectivity index (χ1n) is 21.1. The number of ether oxygens (including phenoxy) is 4. The molecule has 0 radical (unpaired) electrons. The predicted molar refractivity (Wildman–Crippen MR) is 201 cm³/mol. The number of aliphatic hydroxyl groups excluding tert-OH is 9. The maximum atomic E-state index is 13.1. The second-order valence-corrected chi connectivity index (χ2v) is 20.7.